The van der Waals surface area contributed by atoms with E-state index in [1.807, 2.05) is 10.6 Å². The lowest BCUT2D eigenvalue weighted by molar-refractivity contribution is 0.287. The van der Waals surface area contributed by atoms with Gasteiger partial charge in [-0.1, -0.05) is 6.08 Å². The molecule has 0 radical (unpaired) electrons. The summed E-state index contributed by atoms with van der Waals surface area (Å²) >= 11 is 1.68. The van der Waals surface area contributed by atoms with Crippen molar-refractivity contribution in [1.82, 2.24) is 23.9 Å². The average Bonchev–Trinajstić information content (AvgIpc) is 3.41. The Morgan fingerprint density at radius 3 is 2.83 bits per heavy atom. The van der Waals surface area contributed by atoms with Crippen molar-refractivity contribution in [3.05, 3.63) is 63.2 Å². The molecule has 0 aliphatic carbocycles. The van der Waals surface area contributed by atoms with E-state index in [9.17, 15) is 4.79 Å². The predicted molar refractivity (Wildman–Crippen MR) is 142 cm³/mol. The Morgan fingerprint density at radius 2 is 2.03 bits per heavy atom. The highest BCUT2D eigenvalue weighted by atomic mass is 32.1. The zero-order valence-electron chi connectivity index (χ0n) is 20.6. The molecule has 1 aromatic carbocycles. The van der Waals surface area contributed by atoms with Crippen molar-refractivity contribution in [3.8, 4) is 5.75 Å². The summed E-state index contributed by atoms with van der Waals surface area (Å²) in [6, 6.07) is 6.27. The van der Waals surface area contributed by atoms with Gasteiger partial charge in [-0.15, -0.1) is 11.3 Å². The van der Waals surface area contributed by atoms with Crippen LogP contribution in [0.25, 0.3) is 26.7 Å². The standard InChI is InChI=1S/C27H31N5O2S/c1-29-9-8-20-24(16-29)35-26-25(20)27(33)32(17-28-26)13-12-31-10-6-18(7-11-31)22-15-30(2)23-5-4-19(34-3)14-21(22)23/h4-6,14-15,17H,7-13,16H2,1-3H3. The van der Waals surface area contributed by atoms with E-state index in [-0.39, 0.29) is 5.56 Å². The summed E-state index contributed by atoms with van der Waals surface area (Å²) in [6.07, 6.45) is 8.24. The summed E-state index contributed by atoms with van der Waals surface area (Å²) in [6.45, 7) is 5.30. The molecule has 0 saturated heterocycles. The molecular weight excluding hydrogens is 458 g/mol. The first-order valence-electron chi connectivity index (χ1n) is 12.2. The SMILES string of the molecule is COc1ccc2c(c1)c(C1=CCN(CCn3cnc4sc5c(c4c3=O)CCN(C)C5)CC1)cn2C. The Kier molecular flexibility index (Phi) is 5.75. The highest BCUT2D eigenvalue weighted by Gasteiger charge is 2.22. The molecule has 6 rings (SSSR count). The maximum absolute atomic E-state index is 13.3. The van der Waals surface area contributed by atoms with Gasteiger partial charge in [0, 0.05) is 73.9 Å². The molecule has 0 fully saturated rings. The fourth-order valence-electron chi connectivity index (χ4n) is 5.47. The summed E-state index contributed by atoms with van der Waals surface area (Å²) < 4.78 is 9.46. The van der Waals surface area contributed by atoms with Crippen LogP contribution in [0.4, 0.5) is 0 Å². The van der Waals surface area contributed by atoms with E-state index in [1.54, 1.807) is 24.8 Å². The molecule has 0 unspecified atom stereocenters. The summed E-state index contributed by atoms with van der Waals surface area (Å²) in [4.78, 5) is 24.9. The second-order valence-electron chi connectivity index (χ2n) is 9.73. The number of benzene rings is 1. The molecule has 0 N–H and O–H groups in total. The molecule has 2 aliphatic heterocycles. The van der Waals surface area contributed by atoms with E-state index in [4.69, 9.17) is 4.74 Å². The highest BCUT2D eigenvalue weighted by molar-refractivity contribution is 7.18. The van der Waals surface area contributed by atoms with E-state index >= 15 is 0 Å². The van der Waals surface area contributed by atoms with Crippen LogP contribution < -0.4 is 10.3 Å². The number of methoxy groups -OCH3 is 1. The summed E-state index contributed by atoms with van der Waals surface area (Å²) in [7, 11) is 5.94. The van der Waals surface area contributed by atoms with Gasteiger partial charge in [0.2, 0.25) is 0 Å². The minimum Gasteiger partial charge on any atom is -0.497 e. The Bertz CT molecular complexity index is 1510. The van der Waals surface area contributed by atoms with Crippen LogP contribution in [0.1, 0.15) is 22.4 Å². The van der Waals surface area contributed by atoms with Gasteiger partial charge in [0.15, 0.2) is 0 Å². The van der Waals surface area contributed by atoms with Crippen LogP contribution in [0.2, 0.25) is 0 Å². The Morgan fingerprint density at radius 1 is 1.14 bits per heavy atom. The van der Waals surface area contributed by atoms with Crippen molar-refractivity contribution in [3.63, 3.8) is 0 Å². The molecule has 4 aromatic rings. The second kappa shape index (κ2) is 8.93. The van der Waals surface area contributed by atoms with Gasteiger partial charge in [-0.25, -0.2) is 4.98 Å². The minimum atomic E-state index is 0.120. The van der Waals surface area contributed by atoms with Gasteiger partial charge >= 0.3 is 0 Å². The zero-order chi connectivity index (χ0) is 24.1. The van der Waals surface area contributed by atoms with E-state index in [0.29, 0.717) is 6.54 Å². The van der Waals surface area contributed by atoms with Crippen LogP contribution in [0.5, 0.6) is 5.75 Å². The quantitative estimate of drug-likeness (QED) is 0.428. The fourth-order valence-corrected chi connectivity index (χ4v) is 6.73. The van der Waals surface area contributed by atoms with Crippen molar-refractivity contribution in [1.29, 1.82) is 0 Å². The van der Waals surface area contributed by atoms with E-state index in [2.05, 4.69) is 57.9 Å². The molecule has 0 saturated carbocycles. The molecular formula is C27H31N5O2S. The van der Waals surface area contributed by atoms with Crippen molar-refractivity contribution in [2.75, 3.05) is 40.3 Å². The van der Waals surface area contributed by atoms with Crippen molar-refractivity contribution in [2.45, 2.75) is 25.9 Å². The molecule has 7 nitrogen and oxygen atoms in total. The lowest BCUT2D eigenvalue weighted by atomic mass is 9.99. The monoisotopic (exact) mass is 489 g/mol. The number of likely N-dealkylation sites (N-methyl/N-ethyl adjacent to an activating group) is 1. The minimum absolute atomic E-state index is 0.120. The first-order chi connectivity index (χ1) is 17.0. The molecule has 5 heterocycles. The normalized spacial score (nSPS) is 17.2. The smallest absolute Gasteiger partial charge is 0.262 e. The number of aryl methyl sites for hydroxylation is 1. The van der Waals surface area contributed by atoms with Gasteiger partial charge in [0.1, 0.15) is 10.6 Å². The van der Waals surface area contributed by atoms with Crippen LogP contribution in [-0.2, 0) is 26.6 Å². The third-order valence-electron chi connectivity index (χ3n) is 7.51. The number of rotatable bonds is 5. The third-order valence-corrected chi connectivity index (χ3v) is 8.64. The number of ether oxygens (including phenoxy) is 1. The highest BCUT2D eigenvalue weighted by Crippen LogP contribution is 2.33. The summed E-state index contributed by atoms with van der Waals surface area (Å²) in [5.74, 6) is 0.887. The largest absolute Gasteiger partial charge is 0.497 e. The molecule has 0 bridgehead atoms. The molecule has 35 heavy (non-hydrogen) atoms. The van der Waals surface area contributed by atoms with Gasteiger partial charge in [0.05, 0.1) is 18.8 Å². The fraction of sp³-hybridized carbons (Fsp3) is 0.407. The number of hydrogen-bond acceptors (Lipinski definition) is 6. The third kappa shape index (κ3) is 3.99. The lowest BCUT2D eigenvalue weighted by Crippen LogP contribution is -2.34. The van der Waals surface area contributed by atoms with Crippen LogP contribution in [0.3, 0.4) is 0 Å². The van der Waals surface area contributed by atoms with E-state index < -0.39 is 0 Å². The molecule has 2 aliphatic rings. The second-order valence-corrected chi connectivity index (χ2v) is 10.8. The number of thiophene rings is 1. The number of hydrogen-bond donors (Lipinski definition) is 0. The van der Waals surface area contributed by atoms with Gasteiger partial charge in [-0.2, -0.15) is 0 Å². The molecule has 0 spiro atoms. The summed E-state index contributed by atoms with van der Waals surface area (Å²) in [5.41, 5.74) is 5.24. The molecule has 3 aromatic heterocycles. The topological polar surface area (TPSA) is 55.5 Å². The lowest BCUT2D eigenvalue weighted by Gasteiger charge is -2.26. The van der Waals surface area contributed by atoms with Crippen LogP contribution in [0.15, 0.2) is 41.6 Å². The maximum Gasteiger partial charge on any atom is 0.262 e. The summed E-state index contributed by atoms with van der Waals surface area (Å²) in [5, 5.41) is 2.09. The predicted octanol–water partition coefficient (Wildman–Crippen LogP) is 3.74. The van der Waals surface area contributed by atoms with Crippen LogP contribution >= 0.6 is 11.3 Å². The number of aromatic nitrogens is 3. The Labute approximate surface area is 208 Å². The molecule has 8 heteroatoms. The van der Waals surface area contributed by atoms with E-state index in [0.717, 1.165) is 61.5 Å². The Balaban J connectivity index is 1.18. The number of nitrogens with zero attached hydrogens (tertiary/aromatic N) is 5. The Hall–Kier alpha value is -2.94. The van der Waals surface area contributed by atoms with E-state index in [1.165, 1.54) is 32.5 Å². The molecule has 0 amide bonds. The number of fused-ring (bicyclic) bond motifs is 4. The van der Waals surface area contributed by atoms with Gasteiger partial charge < -0.3 is 14.2 Å². The zero-order valence-corrected chi connectivity index (χ0v) is 21.4. The average molecular weight is 490 g/mol. The first kappa shape index (κ1) is 22.5. The maximum atomic E-state index is 13.3. The first-order valence-corrected chi connectivity index (χ1v) is 13.1. The van der Waals surface area contributed by atoms with Gasteiger partial charge in [-0.3, -0.25) is 14.3 Å². The van der Waals surface area contributed by atoms with Crippen LogP contribution in [-0.4, -0.2) is 64.3 Å². The molecule has 182 valence electrons. The van der Waals surface area contributed by atoms with Gasteiger partial charge in [0.25, 0.3) is 5.56 Å². The van der Waals surface area contributed by atoms with Crippen molar-refractivity contribution in [2.24, 2.45) is 7.05 Å². The molecule has 0 atom stereocenters. The van der Waals surface area contributed by atoms with Gasteiger partial charge in [-0.05, 0) is 49.2 Å². The van der Waals surface area contributed by atoms with Crippen molar-refractivity contribution >= 4 is 38.0 Å². The van der Waals surface area contributed by atoms with Crippen LogP contribution in [0, 0.1) is 0 Å². The van der Waals surface area contributed by atoms with Crippen molar-refractivity contribution < 1.29 is 4.74 Å².